The first-order valence-electron chi connectivity index (χ1n) is 16.3. The van der Waals surface area contributed by atoms with Crippen LogP contribution in [0.5, 0.6) is 0 Å². The third-order valence-corrected chi connectivity index (χ3v) is 8.13. The largest absolute Gasteiger partial charge is 0.330 e. The molecule has 3 aromatic rings. The maximum Gasteiger partial charge on any atom is 0.0217 e. The molecule has 8 nitrogen and oxygen atoms in total. The molecule has 242 valence electrons. The molecule has 9 heteroatoms. The molecule has 0 radical (unpaired) electrons. The molecule has 3 rings (SSSR count). The molecule has 0 saturated heterocycles. The Balaban J connectivity index is 0.00000645. The predicted octanol–water partition coefficient (Wildman–Crippen LogP) is 3.37. The van der Waals surface area contributed by atoms with Crippen molar-refractivity contribution in [3.8, 4) is 0 Å². The summed E-state index contributed by atoms with van der Waals surface area (Å²) >= 11 is 0. The minimum atomic E-state index is 0. The van der Waals surface area contributed by atoms with Crippen molar-refractivity contribution in [2.24, 2.45) is 22.9 Å². The van der Waals surface area contributed by atoms with Crippen molar-refractivity contribution >= 4 is 34.0 Å². The highest BCUT2D eigenvalue weighted by Crippen LogP contribution is 2.33. The van der Waals surface area contributed by atoms with Crippen LogP contribution < -0.4 is 33.6 Å². The average Bonchev–Trinajstić information content (AvgIpc) is 3.03. The summed E-state index contributed by atoms with van der Waals surface area (Å²) in [5.41, 5.74) is 25.8. The number of hydrogen-bond donors (Lipinski definition) is 6. The molecule has 0 amide bonds. The lowest BCUT2D eigenvalue weighted by atomic mass is 9.91. The Morgan fingerprint density at radius 3 is 1.00 bits per heavy atom. The van der Waals surface area contributed by atoms with Crippen LogP contribution in [0.1, 0.15) is 49.7 Å². The lowest BCUT2D eigenvalue weighted by Crippen LogP contribution is -2.31. The molecule has 0 saturated carbocycles. The van der Waals surface area contributed by atoms with Crippen LogP contribution in [-0.4, -0.2) is 88.3 Å². The normalized spacial score (nSPS) is 11.7. The van der Waals surface area contributed by atoms with Gasteiger partial charge in [-0.25, -0.2) is 0 Å². The van der Waals surface area contributed by atoms with Crippen LogP contribution in [0.15, 0.2) is 48.5 Å². The van der Waals surface area contributed by atoms with Gasteiger partial charge in [-0.1, -0.05) is 48.5 Å². The van der Waals surface area contributed by atoms with Gasteiger partial charge in [0, 0.05) is 13.1 Å². The van der Waals surface area contributed by atoms with Crippen LogP contribution in [0.2, 0.25) is 0 Å². The SMILES string of the molecule is Cl.NCCCN(CCCN)CCCNCc1c2ccccc2c(CNCCCN(CCCN)CCCN)c2ccccc12. The van der Waals surface area contributed by atoms with Gasteiger partial charge in [0.1, 0.15) is 0 Å². The zero-order chi connectivity index (χ0) is 29.8. The quantitative estimate of drug-likeness (QED) is 0.0668. The average molecular weight is 615 g/mol. The van der Waals surface area contributed by atoms with E-state index in [2.05, 4.69) is 69.0 Å². The molecule has 0 bridgehead atoms. The van der Waals surface area contributed by atoms with Crippen molar-refractivity contribution in [3.05, 3.63) is 59.7 Å². The lowest BCUT2D eigenvalue weighted by molar-refractivity contribution is 0.265. The third kappa shape index (κ3) is 12.6. The van der Waals surface area contributed by atoms with Crippen LogP contribution in [0, 0.1) is 0 Å². The summed E-state index contributed by atoms with van der Waals surface area (Å²) < 4.78 is 0. The number of halogens is 1. The fraction of sp³-hybridized carbons (Fsp3) is 0.588. The highest BCUT2D eigenvalue weighted by molar-refractivity contribution is 6.05. The minimum Gasteiger partial charge on any atom is -0.330 e. The van der Waals surface area contributed by atoms with Crippen molar-refractivity contribution in [1.29, 1.82) is 0 Å². The van der Waals surface area contributed by atoms with E-state index in [4.69, 9.17) is 22.9 Å². The molecule has 0 unspecified atom stereocenters. The summed E-state index contributed by atoms with van der Waals surface area (Å²) in [6, 6.07) is 17.8. The Morgan fingerprint density at radius 1 is 0.442 bits per heavy atom. The Morgan fingerprint density at radius 2 is 0.721 bits per heavy atom. The number of fused-ring (bicyclic) bond motifs is 2. The second-order valence-electron chi connectivity index (χ2n) is 11.4. The van der Waals surface area contributed by atoms with Gasteiger partial charge in [-0.05, 0) is 150 Å². The summed E-state index contributed by atoms with van der Waals surface area (Å²) in [4.78, 5) is 5.01. The topological polar surface area (TPSA) is 135 Å². The summed E-state index contributed by atoms with van der Waals surface area (Å²) in [5, 5.41) is 12.9. The van der Waals surface area contributed by atoms with Gasteiger partial charge in [0.05, 0.1) is 0 Å². The molecule has 0 fully saturated rings. The number of nitrogens with one attached hydrogen (secondary N) is 2. The molecular formula is C34H59ClN8. The van der Waals surface area contributed by atoms with Gasteiger partial charge in [-0.15, -0.1) is 12.4 Å². The third-order valence-electron chi connectivity index (χ3n) is 8.13. The smallest absolute Gasteiger partial charge is 0.0217 e. The Labute approximate surface area is 266 Å². The first-order chi connectivity index (χ1) is 20.7. The van der Waals surface area contributed by atoms with Gasteiger partial charge in [0.25, 0.3) is 0 Å². The second-order valence-corrected chi connectivity index (χ2v) is 11.4. The highest BCUT2D eigenvalue weighted by atomic mass is 35.5. The summed E-state index contributed by atoms with van der Waals surface area (Å²) in [6.45, 7) is 13.1. The molecule has 0 aliphatic heterocycles. The van der Waals surface area contributed by atoms with Crippen LogP contribution in [0.25, 0.3) is 21.5 Å². The molecule has 0 aliphatic carbocycles. The predicted molar refractivity (Wildman–Crippen MR) is 189 cm³/mol. The van der Waals surface area contributed by atoms with Crippen LogP contribution in [-0.2, 0) is 13.1 Å². The van der Waals surface area contributed by atoms with Crippen LogP contribution in [0.3, 0.4) is 0 Å². The number of rotatable bonds is 24. The molecule has 0 spiro atoms. The Kier molecular flexibility index (Phi) is 19.6. The van der Waals surface area contributed by atoms with E-state index >= 15 is 0 Å². The van der Waals surface area contributed by atoms with E-state index < -0.39 is 0 Å². The molecule has 0 aromatic heterocycles. The van der Waals surface area contributed by atoms with Gasteiger partial charge in [0.2, 0.25) is 0 Å². The summed E-state index contributed by atoms with van der Waals surface area (Å²) in [7, 11) is 0. The standard InChI is InChI=1S/C34H58N8.ClH/c35-15-5-21-41(22-6-16-36)25-9-19-39-27-33-29-11-1-2-12-30(29)34(32-14-4-3-13-31(32)33)28-40-20-10-26-42(23-7-17-37)24-8-18-38;/h1-4,11-14,39-40H,5-10,15-28,35-38H2;1H. The van der Waals surface area contributed by atoms with Crippen LogP contribution >= 0.6 is 12.4 Å². The van der Waals surface area contributed by atoms with Gasteiger partial charge < -0.3 is 43.4 Å². The molecular weight excluding hydrogens is 556 g/mol. The maximum atomic E-state index is 5.75. The molecule has 43 heavy (non-hydrogen) atoms. The van der Waals surface area contributed by atoms with Crippen molar-refractivity contribution in [3.63, 3.8) is 0 Å². The van der Waals surface area contributed by atoms with E-state index in [9.17, 15) is 0 Å². The van der Waals surface area contributed by atoms with E-state index in [0.717, 1.165) is 130 Å². The molecule has 10 N–H and O–H groups in total. The van der Waals surface area contributed by atoms with Crippen molar-refractivity contribution in [1.82, 2.24) is 20.4 Å². The molecule has 0 heterocycles. The fourth-order valence-corrected chi connectivity index (χ4v) is 5.90. The molecule has 0 aliphatic rings. The number of nitrogens with zero attached hydrogens (tertiary/aromatic N) is 2. The van der Waals surface area contributed by atoms with E-state index in [0.29, 0.717) is 0 Å². The van der Waals surface area contributed by atoms with Gasteiger partial charge in [-0.3, -0.25) is 0 Å². The van der Waals surface area contributed by atoms with E-state index in [-0.39, 0.29) is 12.4 Å². The zero-order valence-electron chi connectivity index (χ0n) is 26.4. The van der Waals surface area contributed by atoms with Gasteiger partial charge >= 0.3 is 0 Å². The number of nitrogens with two attached hydrogens (primary N) is 4. The monoisotopic (exact) mass is 614 g/mol. The molecule has 3 aromatic carbocycles. The Hall–Kier alpha value is -1.85. The van der Waals surface area contributed by atoms with Gasteiger partial charge in [-0.2, -0.15) is 0 Å². The minimum absolute atomic E-state index is 0. The summed E-state index contributed by atoms with van der Waals surface area (Å²) in [5.74, 6) is 0. The van der Waals surface area contributed by atoms with Crippen LogP contribution in [0.4, 0.5) is 0 Å². The molecule has 0 atom stereocenters. The number of benzene rings is 3. The summed E-state index contributed by atoms with van der Waals surface area (Å²) in [6.07, 6.45) is 6.39. The van der Waals surface area contributed by atoms with E-state index in [1.165, 1.54) is 32.7 Å². The number of hydrogen-bond acceptors (Lipinski definition) is 8. The fourth-order valence-electron chi connectivity index (χ4n) is 5.90. The lowest BCUT2D eigenvalue weighted by Gasteiger charge is -2.22. The second kappa shape index (κ2) is 22.6. The Bertz CT molecular complexity index is 983. The first-order valence-corrected chi connectivity index (χ1v) is 16.3. The van der Waals surface area contributed by atoms with Crippen molar-refractivity contribution < 1.29 is 0 Å². The van der Waals surface area contributed by atoms with E-state index in [1.54, 1.807) is 0 Å². The highest BCUT2D eigenvalue weighted by Gasteiger charge is 2.13. The maximum absolute atomic E-state index is 5.75. The zero-order valence-corrected chi connectivity index (χ0v) is 27.2. The van der Waals surface area contributed by atoms with Crippen molar-refractivity contribution in [2.75, 3.05) is 78.5 Å². The van der Waals surface area contributed by atoms with E-state index in [1.807, 2.05) is 0 Å². The van der Waals surface area contributed by atoms with Crippen molar-refractivity contribution in [2.45, 2.75) is 51.6 Å². The first kappa shape index (κ1) is 37.3. The van der Waals surface area contributed by atoms with Gasteiger partial charge in [0.15, 0.2) is 0 Å².